The Hall–Kier alpha value is -2.41. The van der Waals surface area contributed by atoms with Crippen LogP contribution in [0.5, 0.6) is 0 Å². The van der Waals surface area contributed by atoms with Crippen LogP contribution >= 0.6 is 27.3 Å². The average molecular weight is 509 g/mol. The molecule has 1 aliphatic heterocycles. The molecular formula is C26H25BrN2O2S. The van der Waals surface area contributed by atoms with Crippen molar-refractivity contribution < 1.29 is 9.90 Å². The van der Waals surface area contributed by atoms with E-state index in [0.29, 0.717) is 11.5 Å². The van der Waals surface area contributed by atoms with E-state index in [-0.39, 0.29) is 0 Å². The lowest BCUT2D eigenvalue weighted by Gasteiger charge is -2.32. The molecular weight excluding hydrogens is 484 g/mol. The number of halogens is 1. The summed E-state index contributed by atoms with van der Waals surface area (Å²) in [6.07, 6.45) is 4.60. The van der Waals surface area contributed by atoms with Crippen molar-refractivity contribution in [1.29, 1.82) is 0 Å². The minimum Gasteiger partial charge on any atom is -0.478 e. The number of hydrogen-bond donors (Lipinski definition) is 1. The van der Waals surface area contributed by atoms with Gasteiger partial charge in [-0.25, -0.2) is 4.79 Å². The molecule has 0 atom stereocenters. The number of rotatable bonds is 6. The van der Waals surface area contributed by atoms with Crippen LogP contribution in [0, 0.1) is 0 Å². The number of para-hydroxylation sites is 1. The van der Waals surface area contributed by atoms with Crippen molar-refractivity contribution in [3.05, 3.63) is 92.2 Å². The number of hydrogen-bond acceptors (Lipinski definition) is 3. The van der Waals surface area contributed by atoms with Crippen molar-refractivity contribution in [2.24, 2.45) is 0 Å². The van der Waals surface area contributed by atoms with Gasteiger partial charge < -0.3 is 9.67 Å². The molecule has 0 aliphatic carbocycles. The van der Waals surface area contributed by atoms with Crippen molar-refractivity contribution in [2.45, 2.75) is 31.8 Å². The Morgan fingerprint density at radius 3 is 2.62 bits per heavy atom. The van der Waals surface area contributed by atoms with Gasteiger partial charge in [0.2, 0.25) is 0 Å². The van der Waals surface area contributed by atoms with Crippen LogP contribution in [0.2, 0.25) is 0 Å². The number of fused-ring (bicyclic) bond motifs is 1. The average Bonchev–Trinajstić information content (AvgIpc) is 3.44. The summed E-state index contributed by atoms with van der Waals surface area (Å²) in [4.78, 5) is 15.1. The number of aromatic nitrogens is 1. The summed E-state index contributed by atoms with van der Waals surface area (Å²) >= 11 is 5.40. The molecule has 1 fully saturated rings. The van der Waals surface area contributed by atoms with Gasteiger partial charge in [-0.15, -0.1) is 11.3 Å². The zero-order valence-electron chi connectivity index (χ0n) is 17.7. The smallest absolute Gasteiger partial charge is 0.335 e. The second-order valence-corrected chi connectivity index (χ2v) is 10.4. The van der Waals surface area contributed by atoms with E-state index >= 15 is 0 Å². The molecule has 164 valence electrons. The molecule has 5 rings (SSSR count). The van der Waals surface area contributed by atoms with Gasteiger partial charge in [0.05, 0.1) is 12.1 Å². The molecule has 4 nitrogen and oxygen atoms in total. The summed E-state index contributed by atoms with van der Waals surface area (Å²) < 4.78 is 3.37. The molecule has 1 saturated heterocycles. The van der Waals surface area contributed by atoms with E-state index in [0.717, 1.165) is 49.1 Å². The molecule has 1 N–H and O–H groups in total. The van der Waals surface area contributed by atoms with Crippen LogP contribution in [0.4, 0.5) is 0 Å². The number of aromatic carboxylic acids is 1. The van der Waals surface area contributed by atoms with E-state index in [1.54, 1.807) is 12.1 Å². The predicted octanol–water partition coefficient (Wildman–Crippen LogP) is 6.59. The van der Waals surface area contributed by atoms with E-state index < -0.39 is 5.97 Å². The Labute approximate surface area is 200 Å². The van der Waals surface area contributed by atoms with E-state index in [2.05, 4.69) is 73.4 Å². The summed E-state index contributed by atoms with van der Waals surface area (Å²) in [6, 6.07) is 18.4. The molecule has 4 aromatic rings. The molecule has 0 radical (unpaired) electrons. The summed E-state index contributed by atoms with van der Waals surface area (Å²) in [7, 11) is 0. The summed E-state index contributed by atoms with van der Waals surface area (Å²) in [5.74, 6) is -0.328. The number of likely N-dealkylation sites (tertiary alicyclic amines) is 1. The Bertz CT molecular complexity index is 1240. The normalized spacial score (nSPS) is 15.4. The van der Waals surface area contributed by atoms with Crippen LogP contribution in [-0.2, 0) is 13.1 Å². The fourth-order valence-corrected chi connectivity index (χ4v) is 5.85. The number of carbonyl (C=O) groups is 1. The van der Waals surface area contributed by atoms with Crippen LogP contribution in [0.25, 0.3) is 10.9 Å². The number of carboxylic acid groups (broad SMARTS) is 1. The molecule has 1 aliphatic rings. The van der Waals surface area contributed by atoms with Crippen LogP contribution in [0.15, 0.2) is 70.6 Å². The highest BCUT2D eigenvalue weighted by Crippen LogP contribution is 2.35. The van der Waals surface area contributed by atoms with Crippen LogP contribution in [-0.4, -0.2) is 33.6 Å². The maximum absolute atomic E-state index is 11.3. The third-order valence-corrected chi connectivity index (χ3v) is 8.07. The SMILES string of the molecule is O=C(O)c1ccc(Br)c(CN2CCC(c3cn(Cc4cccs4)c4ccccc34)CC2)c1. The van der Waals surface area contributed by atoms with Gasteiger partial charge in [0.15, 0.2) is 0 Å². The van der Waals surface area contributed by atoms with Crippen molar-refractivity contribution in [2.75, 3.05) is 13.1 Å². The van der Waals surface area contributed by atoms with E-state index in [4.69, 9.17) is 0 Å². The molecule has 32 heavy (non-hydrogen) atoms. The Morgan fingerprint density at radius 1 is 1.06 bits per heavy atom. The molecule has 0 saturated carbocycles. The summed E-state index contributed by atoms with van der Waals surface area (Å²) in [6.45, 7) is 3.72. The topological polar surface area (TPSA) is 45.5 Å². The van der Waals surface area contributed by atoms with Gasteiger partial charge in [0, 0.05) is 33.0 Å². The molecule has 6 heteroatoms. The summed E-state index contributed by atoms with van der Waals surface area (Å²) in [5, 5.41) is 12.8. The van der Waals surface area contributed by atoms with Gasteiger partial charge >= 0.3 is 5.97 Å². The minimum atomic E-state index is -0.878. The molecule has 0 amide bonds. The second-order valence-electron chi connectivity index (χ2n) is 8.47. The van der Waals surface area contributed by atoms with Crippen LogP contribution in [0.3, 0.4) is 0 Å². The van der Waals surface area contributed by atoms with E-state index in [1.165, 1.54) is 21.3 Å². The zero-order chi connectivity index (χ0) is 22.1. The highest BCUT2D eigenvalue weighted by Gasteiger charge is 2.24. The third-order valence-electron chi connectivity index (χ3n) is 6.44. The quantitative estimate of drug-likeness (QED) is 0.319. The van der Waals surface area contributed by atoms with E-state index in [9.17, 15) is 9.90 Å². The second kappa shape index (κ2) is 9.22. The Morgan fingerprint density at radius 2 is 1.88 bits per heavy atom. The molecule has 0 unspecified atom stereocenters. The van der Waals surface area contributed by atoms with Crippen molar-refractivity contribution in [3.63, 3.8) is 0 Å². The lowest BCUT2D eigenvalue weighted by atomic mass is 9.89. The number of piperidine rings is 1. The number of benzene rings is 2. The zero-order valence-corrected chi connectivity index (χ0v) is 20.1. The van der Waals surface area contributed by atoms with Crippen LogP contribution in [0.1, 0.15) is 45.1 Å². The lowest BCUT2D eigenvalue weighted by Crippen LogP contribution is -2.32. The maximum Gasteiger partial charge on any atom is 0.335 e. The fraction of sp³-hybridized carbons (Fsp3) is 0.269. The standard InChI is InChI=1S/C26H25BrN2O2S/c27-24-8-7-19(26(30)31)14-20(24)15-28-11-9-18(10-12-28)23-17-29(16-21-4-3-13-32-21)25-6-2-1-5-22(23)25/h1-8,13-14,17-18H,9-12,15-16H2,(H,30,31). The van der Waals surface area contributed by atoms with Gasteiger partial charge in [-0.2, -0.15) is 0 Å². The number of carboxylic acids is 1. The molecule has 2 aromatic carbocycles. The van der Waals surface area contributed by atoms with Crippen molar-refractivity contribution >= 4 is 44.1 Å². The predicted molar refractivity (Wildman–Crippen MR) is 134 cm³/mol. The first-order chi connectivity index (χ1) is 15.6. The first-order valence-corrected chi connectivity index (χ1v) is 12.6. The largest absolute Gasteiger partial charge is 0.478 e. The highest BCUT2D eigenvalue weighted by atomic mass is 79.9. The first-order valence-electron chi connectivity index (χ1n) is 10.9. The molecule has 0 spiro atoms. The van der Waals surface area contributed by atoms with Gasteiger partial charge in [-0.1, -0.05) is 40.2 Å². The van der Waals surface area contributed by atoms with E-state index in [1.807, 2.05) is 17.4 Å². The molecule has 2 aromatic heterocycles. The number of thiophene rings is 1. The van der Waals surface area contributed by atoms with Gasteiger partial charge in [0.1, 0.15) is 0 Å². The fourth-order valence-electron chi connectivity index (χ4n) is 4.77. The highest BCUT2D eigenvalue weighted by molar-refractivity contribution is 9.10. The Kier molecular flexibility index (Phi) is 6.17. The van der Waals surface area contributed by atoms with Crippen molar-refractivity contribution in [3.8, 4) is 0 Å². The summed E-state index contributed by atoms with van der Waals surface area (Å²) in [5.41, 5.74) is 4.16. The van der Waals surface area contributed by atoms with Crippen LogP contribution < -0.4 is 0 Å². The monoisotopic (exact) mass is 508 g/mol. The van der Waals surface area contributed by atoms with Gasteiger partial charge in [-0.05, 0) is 78.7 Å². The number of nitrogens with zero attached hydrogens (tertiary/aromatic N) is 2. The third kappa shape index (κ3) is 4.40. The van der Waals surface area contributed by atoms with Gasteiger partial charge in [-0.3, -0.25) is 4.90 Å². The van der Waals surface area contributed by atoms with Crippen molar-refractivity contribution in [1.82, 2.24) is 9.47 Å². The lowest BCUT2D eigenvalue weighted by molar-refractivity contribution is 0.0696. The Balaban J connectivity index is 1.31. The molecule has 0 bridgehead atoms. The molecule has 3 heterocycles. The minimum absolute atomic E-state index is 0.344. The maximum atomic E-state index is 11.3. The first kappa shape index (κ1) is 21.4. The van der Waals surface area contributed by atoms with Gasteiger partial charge in [0.25, 0.3) is 0 Å².